The monoisotopic (exact) mass is 341 g/mol. The maximum Gasteiger partial charge on any atom is 0.288 e. The maximum absolute atomic E-state index is 11.8. The van der Waals surface area contributed by atoms with Crippen molar-refractivity contribution < 1.29 is 9.59 Å². The van der Waals surface area contributed by atoms with Gasteiger partial charge in [-0.1, -0.05) is 23.7 Å². The fraction of sp³-hybridized carbons (Fsp3) is 0. The molecule has 2 N–H and O–H groups in total. The van der Waals surface area contributed by atoms with Crippen molar-refractivity contribution in [2.45, 2.75) is 0 Å². The zero-order chi connectivity index (χ0) is 16.9. The van der Waals surface area contributed by atoms with Crippen molar-refractivity contribution in [3.63, 3.8) is 0 Å². The quantitative estimate of drug-likeness (QED) is 0.562. The third kappa shape index (κ3) is 3.41. The molecule has 0 atom stereocenters. The van der Waals surface area contributed by atoms with Gasteiger partial charge in [-0.05, 0) is 30.3 Å². The summed E-state index contributed by atoms with van der Waals surface area (Å²) in [6.45, 7) is 0. The van der Waals surface area contributed by atoms with Gasteiger partial charge in [0.15, 0.2) is 5.15 Å². The standard InChI is InChI=1S/C16H12ClN5O2/c17-15-12(22-10-4-2-6-13(22)19-15)7-8-14(23)20-21-16(24)11-5-1-3-9-18-11/h1-10H,(H,20,23)(H,21,24)/b8-7+. The van der Waals surface area contributed by atoms with Crippen LogP contribution in [0.2, 0.25) is 5.15 Å². The highest BCUT2D eigenvalue weighted by Crippen LogP contribution is 2.18. The van der Waals surface area contributed by atoms with Crippen LogP contribution >= 0.6 is 11.6 Å². The summed E-state index contributed by atoms with van der Waals surface area (Å²) in [5.74, 6) is -1.02. The summed E-state index contributed by atoms with van der Waals surface area (Å²) in [6.07, 6.45) is 6.05. The van der Waals surface area contributed by atoms with Crippen LogP contribution in [0.25, 0.3) is 11.7 Å². The highest BCUT2D eigenvalue weighted by molar-refractivity contribution is 6.31. The smallest absolute Gasteiger partial charge is 0.288 e. The summed E-state index contributed by atoms with van der Waals surface area (Å²) in [6, 6.07) is 10.4. The van der Waals surface area contributed by atoms with E-state index >= 15 is 0 Å². The van der Waals surface area contributed by atoms with E-state index in [9.17, 15) is 9.59 Å². The van der Waals surface area contributed by atoms with Gasteiger partial charge in [-0.2, -0.15) is 0 Å². The van der Waals surface area contributed by atoms with E-state index < -0.39 is 11.8 Å². The number of pyridine rings is 2. The zero-order valence-corrected chi connectivity index (χ0v) is 13.1. The van der Waals surface area contributed by atoms with Crippen LogP contribution in [0.15, 0.2) is 54.9 Å². The van der Waals surface area contributed by atoms with Gasteiger partial charge in [-0.25, -0.2) is 4.98 Å². The zero-order valence-electron chi connectivity index (χ0n) is 12.3. The molecular weight excluding hydrogens is 330 g/mol. The lowest BCUT2D eigenvalue weighted by Gasteiger charge is -2.04. The SMILES string of the molecule is O=C(/C=C/c1c(Cl)nc2ccccn12)NNC(=O)c1ccccn1. The number of imidazole rings is 1. The number of nitrogens with zero attached hydrogens (tertiary/aromatic N) is 3. The summed E-state index contributed by atoms with van der Waals surface area (Å²) in [4.78, 5) is 31.6. The Bertz CT molecular complexity index is 921. The van der Waals surface area contributed by atoms with E-state index in [0.29, 0.717) is 11.3 Å². The molecule has 7 nitrogen and oxygen atoms in total. The maximum atomic E-state index is 11.8. The van der Waals surface area contributed by atoms with Crippen LogP contribution in [0.3, 0.4) is 0 Å². The molecule has 2 amide bonds. The van der Waals surface area contributed by atoms with Crippen LogP contribution in [0, 0.1) is 0 Å². The van der Waals surface area contributed by atoms with Gasteiger partial charge in [0.25, 0.3) is 11.8 Å². The second-order valence-electron chi connectivity index (χ2n) is 4.71. The predicted octanol–water partition coefficient (Wildman–Crippen LogP) is 1.86. The lowest BCUT2D eigenvalue weighted by molar-refractivity contribution is -0.117. The number of hydrogen-bond donors (Lipinski definition) is 2. The molecule has 3 aromatic heterocycles. The van der Waals surface area contributed by atoms with E-state index in [4.69, 9.17) is 11.6 Å². The lowest BCUT2D eigenvalue weighted by atomic mass is 10.3. The van der Waals surface area contributed by atoms with Crippen LogP contribution in [-0.2, 0) is 4.79 Å². The first-order chi connectivity index (χ1) is 11.6. The predicted molar refractivity (Wildman–Crippen MR) is 89.1 cm³/mol. The van der Waals surface area contributed by atoms with Gasteiger partial charge in [-0.15, -0.1) is 0 Å². The molecule has 0 aliphatic heterocycles. The van der Waals surface area contributed by atoms with Gasteiger partial charge in [0.05, 0.1) is 5.69 Å². The Kier molecular flexibility index (Phi) is 4.53. The van der Waals surface area contributed by atoms with E-state index in [1.165, 1.54) is 24.4 Å². The third-order valence-electron chi connectivity index (χ3n) is 3.11. The lowest BCUT2D eigenvalue weighted by Crippen LogP contribution is -2.41. The molecule has 3 heterocycles. The van der Waals surface area contributed by atoms with Crippen LogP contribution < -0.4 is 10.9 Å². The Balaban J connectivity index is 1.65. The Labute approximate surface area is 142 Å². The second-order valence-corrected chi connectivity index (χ2v) is 5.07. The molecule has 0 aliphatic carbocycles. The van der Waals surface area contributed by atoms with Gasteiger partial charge in [0, 0.05) is 18.5 Å². The molecule has 0 aromatic carbocycles. The summed E-state index contributed by atoms with van der Waals surface area (Å²) in [5, 5.41) is 0.280. The molecule has 0 spiro atoms. The summed E-state index contributed by atoms with van der Waals surface area (Å²) >= 11 is 6.07. The van der Waals surface area contributed by atoms with Gasteiger partial charge in [0.2, 0.25) is 0 Å². The van der Waals surface area contributed by atoms with Gasteiger partial charge in [-0.3, -0.25) is 29.8 Å². The number of hydrogen-bond acceptors (Lipinski definition) is 4. The number of hydrazine groups is 1. The molecule has 8 heteroatoms. The Morgan fingerprint density at radius 2 is 1.96 bits per heavy atom. The van der Waals surface area contributed by atoms with Crippen molar-refractivity contribution in [1.82, 2.24) is 25.2 Å². The van der Waals surface area contributed by atoms with Crippen molar-refractivity contribution in [2.24, 2.45) is 0 Å². The topological polar surface area (TPSA) is 88.4 Å². The van der Waals surface area contributed by atoms with E-state index in [1.54, 1.807) is 28.8 Å². The molecule has 120 valence electrons. The minimum atomic E-state index is -0.513. The van der Waals surface area contributed by atoms with Crippen molar-refractivity contribution in [3.05, 3.63) is 71.4 Å². The van der Waals surface area contributed by atoms with Crippen LogP contribution in [-0.4, -0.2) is 26.2 Å². The molecule has 0 saturated heterocycles. The molecule has 0 saturated carbocycles. The van der Waals surface area contributed by atoms with Crippen molar-refractivity contribution in [2.75, 3.05) is 0 Å². The molecule has 0 aliphatic rings. The second kappa shape index (κ2) is 6.93. The highest BCUT2D eigenvalue weighted by Gasteiger charge is 2.08. The van der Waals surface area contributed by atoms with Crippen LogP contribution in [0.5, 0.6) is 0 Å². The molecule has 3 aromatic rings. The number of halogens is 1. The highest BCUT2D eigenvalue weighted by atomic mass is 35.5. The van der Waals surface area contributed by atoms with Crippen LogP contribution in [0.1, 0.15) is 16.2 Å². The van der Waals surface area contributed by atoms with E-state index in [-0.39, 0.29) is 10.8 Å². The molecular formula is C16H12ClN5O2. The first-order valence-electron chi connectivity index (χ1n) is 6.97. The van der Waals surface area contributed by atoms with Gasteiger partial charge < -0.3 is 0 Å². The van der Waals surface area contributed by atoms with Crippen LogP contribution in [0.4, 0.5) is 0 Å². The van der Waals surface area contributed by atoms with Crippen molar-refractivity contribution >= 4 is 35.1 Å². The minimum Gasteiger partial charge on any atom is -0.299 e. The number of amides is 2. The average Bonchev–Trinajstić information content (AvgIpc) is 2.93. The Morgan fingerprint density at radius 1 is 1.12 bits per heavy atom. The molecule has 0 radical (unpaired) electrons. The Hall–Kier alpha value is -3.19. The Morgan fingerprint density at radius 3 is 2.75 bits per heavy atom. The summed E-state index contributed by atoms with van der Waals surface area (Å²) < 4.78 is 1.75. The fourth-order valence-corrected chi connectivity index (χ4v) is 2.25. The van der Waals surface area contributed by atoms with E-state index in [0.717, 1.165) is 0 Å². The number of aromatic nitrogens is 3. The molecule has 0 fully saturated rings. The first-order valence-corrected chi connectivity index (χ1v) is 7.35. The molecule has 3 rings (SSSR count). The first kappa shape index (κ1) is 15.7. The number of carbonyl (C=O) groups is 2. The summed E-state index contributed by atoms with van der Waals surface area (Å²) in [7, 11) is 0. The van der Waals surface area contributed by atoms with E-state index in [1.807, 2.05) is 12.1 Å². The van der Waals surface area contributed by atoms with Crippen molar-refractivity contribution in [1.29, 1.82) is 0 Å². The molecule has 0 bridgehead atoms. The van der Waals surface area contributed by atoms with E-state index in [2.05, 4.69) is 20.8 Å². The fourth-order valence-electron chi connectivity index (χ4n) is 2.01. The molecule has 24 heavy (non-hydrogen) atoms. The third-order valence-corrected chi connectivity index (χ3v) is 3.39. The number of nitrogens with one attached hydrogen (secondary N) is 2. The number of carbonyl (C=O) groups excluding carboxylic acids is 2. The average molecular weight is 342 g/mol. The van der Waals surface area contributed by atoms with Gasteiger partial charge >= 0.3 is 0 Å². The normalized spacial score (nSPS) is 10.9. The number of fused-ring (bicyclic) bond motifs is 1. The molecule has 0 unspecified atom stereocenters. The minimum absolute atomic E-state index is 0.201. The van der Waals surface area contributed by atoms with Gasteiger partial charge in [0.1, 0.15) is 11.3 Å². The van der Waals surface area contributed by atoms with Crippen molar-refractivity contribution in [3.8, 4) is 0 Å². The number of rotatable bonds is 3. The summed E-state index contributed by atoms with van der Waals surface area (Å²) in [5.41, 5.74) is 5.99. The largest absolute Gasteiger partial charge is 0.299 e.